The number of hydrogen-bond donors (Lipinski definition) is 0. The number of carbonyl (C=O) groups is 1. The molecule has 0 radical (unpaired) electrons. The fraction of sp³-hybridized carbons (Fsp3) is 0.292. The summed E-state index contributed by atoms with van der Waals surface area (Å²) in [6, 6.07) is 18.2. The van der Waals surface area contributed by atoms with Crippen LogP contribution in [0.2, 0.25) is 0 Å². The lowest BCUT2D eigenvalue weighted by Crippen LogP contribution is -2.39. The van der Waals surface area contributed by atoms with Gasteiger partial charge in [0.15, 0.2) is 0 Å². The Labute approximate surface area is 170 Å². The lowest BCUT2D eigenvalue weighted by molar-refractivity contribution is 0.0971. The zero-order valence-electron chi connectivity index (χ0n) is 16.7. The van der Waals surface area contributed by atoms with Gasteiger partial charge >= 0.3 is 0 Å². The molecular formula is C24H24N2O3. The van der Waals surface area contributed by atoms with Gasteiger partial charge in [0.25, 0.3) is 5.91 Å². The highest BCUT2D eigenvalue weighted by atomic mass is 16.5. The molecule has 0 bridgehead atoms. The van der Waals surface area contributed by atoms with E-state index in [1.807, 2.05) is 41.3 Å². The second kappa shape index (κ2) is 7.08. The molecule has 3 aromatic carbocycles. The topological polar surface area (TPSA) is 42.0 Å². The van der Waals surface area contributed by atoms with Crippen LogP contribution < -0.4 is 14.4 Å². The third kappa shape index (κ3) is 2.85. The van der Waals surface area contributed by atoms with Gasteiger partial charge in [0, 0.05) is 29.1 Å². The maximum Gasteiger partial charge on any atom is 0.260 e. The predicted octanol–water partition coefficient (Wildman–Crippen LogP) is 4.61. The van der Waals surface area contributed by atoms with Crippen LogP contribution in [0.25, 0.3) is 10.8 Å². The summed E-state index contributed by atoms with van der Waals surface area (Å²) < 4.78 is 11.1. The summed E-state index contributed by atoms with van der Waals surface area (Å²) in [5.41, 5.74) is 2.92. The van der Waals surface area contributed by atoms with Crippen molar-refractivity contribution in [3.8, 4) is 11.5 Å². The Balaban J connectivity index is 1.49. The van der Waals surface area contributed by atoms with E-state index in [2.05, 4.69) is 23.1 Å². The molecule has 1 atom stereocenters. The van der Waals surface area contributed by atoms with E-state index in [1.165, 1.54) is 0 Å². The SMILES string of the molecule is COc1ccc(OC)c([C@@H]2CCCN2CN2C(=O)c3cccc4cccc2c34)c1. The number of likely N-dealkylation sites (tertiary alicyclic amines) is 1. The van der Waals surface area contributed by atoms with Gasteiger partial charge < -0.3 is 9.47 Å². The monoisotopic (exact) mass is 388 g/mol. The first-order valence-corrected chi connectivity index (χ1v) is 10.0. The normalized spacial score (nSPS) is 18.6. The van der Waals surface area contributed by atoms with Crippen LogP contribution in [0, 0.1) is 0 Å². The molecule has 2 aliphatic rings. The smallest absolute Gasteiger partial charge is 0.260 e. The third-order valence-corrected chi connectivity index (χ3v) is 6.13. The van der Waals surface area contributed by atoms with Gasteiger partial charge in [-0.3, -0.25) is 14.6 Å². The second-order valence-corrected chi connectivity index (χ2v) is 7.63. The minimum atomic E-state index is 0.0834. The van der Waals surface area contributed by atoms with Crippen molar-refractivity contribution >= 4 is 22.4 Å². The van der Waals surface area contributed by atoms with E-state index in [0.29, 0.717) is 6.67 Å². The lowest BCUT2D eigenvalue weighted by Gasteiger charge is -2.30. The van der Waals surface area contributed by atoms with Gasteiger partial charge in [0.1, 0.15) is 11.5 Å². The molecule has 1 fully saturated rings. The van der Waals surface area contributed by atoms with Gasteiger partial charge in [-0.25, -0.2) is 0 Å². The summed E-state index contributed by atoms with van der Waals surface area (Å²) in [5, 5.41) is 2.18. The predicted molar refractivity (Wildman–Crippen MR) is 114 cm³/mol. The van der Waals surface area contributed by atoms with Gasteiger partial charge in [-0.15, -0.1) is 0 Å². The number of nitrogens with zero attached hydrogens (tertiary/aromatic N) is 2. The van der Waals surface area contributed by atoms with Crippen molar-refractivity contribution < 1.29 is 14.3 Å². The molecule has 5 rings (SSSR count). The number of methoxy groups -OCH3 is 2. The molecule has 2 aliphatic heterocycles. The molecular weight excluding hydrogens is 364 g/mol. The second-order valence-electron chi connectivity index (χ2n) is 7.63. The summed E-state index contributed by atoms with van der Waals surface area (Å²) in [4.78, 5) is 17.5. The van der Waals surface area contributed by atoms with Crippen molar-refractivity contribution in [3.05, 3.63) is 65.7 Å². The summed E-state index contributed by atoms with van der Waals surface area (Å²) in [7, 11) is 3.38. The number of rotatable bonds is 5. The van der Waals surface area contributed by atoms with E-state index in [9.17, 15) is 4.79 Å². The molecule has 2 heterocycles. The molecule has 148 valence electrons. The lowest BCUT2D eigenvalue weighted by atomic mass is 10.0. The molecule has 0 aliphatic carbocycles. The average Bonchev–Trinajstić information content (AvgIpc) is 3.33. The number of hydrogen-bond acceptors (Lipinski definition) is 4. The Morgan fingerprint density at radius 3 is 2.66 bits per heavy atom. The van der Waals surface area contributed by atoms with E-state index in [4.69, 9.17) is 9.47 Å². The van der Waals surface area contributed by atoms with Gasteiger partial charge in [-0.05, 0) is 48.6 Å². The highest BCUT2D eigenvalue weighted by molar-refractivity contribution is 6.24. The largest absolute Gasteiger partial charge is 0.497 e. The minimum Gasteiger partial charge on any atom is -0.497 e. The minimum absolute atomic E-state index is 0.0834. The molecule has 0 saturated carbocycles. The zero-order valence-corrected chi connectivity index (χ0v) is 16.7. The number of ether oxygens (including phenoxy) is 2. The number of benzene rings is 3. The van der Waals surface area contributed by atoms with Crippen molar-refractivity contribution in [2.45, 2.75) is 18.9 Å². The fourth-order valence-electron chi connectivity index (χ4n) is 4.75. The standard InChI is InChI=1S/C24H24N2O3/c1-28-17-11-12-22(29-2)19(14-17)20-10-5-13-25(20)15-26-21-9-4-7-16-6-3-8-18(23(16)21)24(26)27/h3-4,6-9,11-12,14,20H,5,10,13,15H2,1-2H3/t20-/m0/s1. The number of anilines is 1. The maximum atomic E-state index is 13.2. The van der Waals surface area contributed by atoms with Crippen molar-refractivity contribution in [1.82, 2.24) is 4.90 Å². The van der Waals surface area contributed by atoms with Crippen LogP contribution in [0.3, 0.4) is 0 Å². The van der Waals surface area contributed by atoms with E-state index >= 15 is 0 Å². The van der Waals surface area contributed by atoms with Crippen molar-refractivity contribution in [1.29, 1.82) is 0 Å². The summed E-state index contributed by atoms with van der Waals surface area (Å²) in [6.07, 6.45) is 2.12. The van der Waals surface area contributed by atoms with Crippen LogP contribution in [0.5, 0.6) is 11.5 Å². The first kappa shape index (κ1) is 18.0. The average molecular weight is 388 g/mol. The quantitative estimate of drug-likeness (QED) is 0.640. The van der Waals surface area contributed by atoms with Crippen LogP contribution in [-0.4, -0.2) is 38.2 Å². The summed E-state index contributed by atoms with van der Waals surface area (Å²) in [6.45, 7) is 1.51. The molecule has 1 saturated heterocycles. The highest BCUT2D eigenvalue weighted by Crippen LogP contribution is 2.42. The van der Waals surface area contributed by atoms with Gasteiger partial charge in [0.2, 0.25) is 0 Å². The van der Waals surface area contributed by atoms with E-state index in [-0.39, 0.29) is 11.9 Å². The van der Waals surface area contributed by atoms with Gasteiger partial charge in [-0.1, -0.05) is 24.3 Å². The van der Waals surface area contributed by atoms with E-state index in [0.717, 1.165) is 58.5 Å². The van der Waals surface area contributed by atoms with E-state index < -0.39 is 0 Å². The molecule has 1 amide bonds. The van der Waals surface area contributed by atoms with Crippen LogP contribution in [0.15, 0.2) is 54.6 Å². The Hall–Kier alpha value is -3.05. The highest BCUT2D eigenvalue weighted by Gasteiger charge is 2.35. The summed E-state index contributed by atoms with van der Waals surface area (Å²) in [5.74, 6) is 1.77. The van der Waals surface area contributed by atoms with Crippen LogP contribution in [0.4, 0.5) is 5.69 Å². The molecule has 0 N–H and O–H groups in total. The molecule has 29 heavy (non-hydrogen) atoms. The maximum absolute atomic E-state index is 13.2. The van der Waals surface area contributed by atoms with Gasteiger partial charge in [-0.2, -0.15) is 0 Å². The number of amides is 1. The van der Waals surface area contributed by atoms with Crippen LogP contribution >= 0.6 is 0 Å². The zero-order chi connectivity index (χ0) is 20.0. The molecule has 3 aromatic rings. The van der Waals surface area contributed by atoms with E-state index in [1.54, 1.807) is 14.2 Å². The van der Waals surface area contributed by atoms with Crippen molar-refractivity contribution in [2.75, 3.05) is 32.3 Å². The van der Waals surface area contributed by atoms with Crippen LogP contribution in [0.1, 0.15) is 34.8 Å². The van der Waals surface area contributed by atoms with Crippen LogP contribution in [-0.2, 0) is 0 Å². The van der Waals surface area contributed by atoms with Gasteiger partial charge in [0.05, 0.1) is 26.6 Å². The van der Waals surface area contributed by atoms with Crippen molar-refractivity contribution in [3.63, 3.8) is 0 Å². The first-order chi connectivity index (χ1) is 14.2. The molecule has 5 nitrogen and oxygen atoms in total. The Morgan fingerprint density at radius 2 is 1.86 bits per heavy atom. The fourth-order valence-corrected chi connectivity index (χ4v) is 4.75. The Morgan fingerprint density at radius 1 is 1.03 bits per heavy atom. The molecule has 0 aromatic heterocycles. The summed E-state index contributed by atoms with van der Waals surface area (Å²) >= 11 is 0. The first-order valence-electron chi connectivity index (χ1n) is 10.0. The third-order valence-electron chi connectivity index (χ3n) is 6.13. The Bertz CT molecular complexity index is 1090. The Kier molecular flexibility index (Phi) is 4.40. The molecule has 5 heteroatoms. The molecule has 0 spiro atoms. The number of carbonyl (C=O) groups excluding carboxylic acids is 1. The van der Waals surface area contributed by atoms with Crippen molar-refractivity contribution in [2.24, 2.45) is 0 Å². The molecule has 0 unspecified atom stereocenters.